The minimum Gasteiger partial charge on any atom is -0.470 e. The number of nitrogens with zero attached hydrogens (tertiary/aromatic N) is 6. The number of hydrogen-bond donors (Lipinski definition) is 0. The largest absolute Gasteiger partial charge is 0.470 e. The van der Waals surface area contributed by atoms with Crippen molar-refractivity contribution in [2.75, 3.05) is 18.0 Å². The lowest BCUT2D eigenvalue weighted by Gasteiger charge is -2.33. The predicted octanol–water partition coefficient (Wildman–Crippen LogP) is 2.01. The van der Waals surface area contributed by atoms with E-state index in [1.807, 2.05) is 17.4 Å². The fourth-order valence-corrected chi connectivity index (χ4v) is 2.98. The molecule has 1 atom stereocenters. The number of anilines is 1. The van der Waals surface area contributed by atoms with Crippen molar-refractivity contribution in [1.82, 2.24) is 24.6 Å². The summed E-state index contributed by atoms with van der Waals surface area (Å²) in [5, 5.41) is 8.00. The van der Waals surface area contributed by atoms with Crippen molar-refractivity contribution in [1.29, 1.82) is 0 Å². The maximum absolute atomic E-state index is 13.7. The molecule has 124 valence electrons. The fraction of sp³-hybridized carbons (Fsp3) is 0.375. The Morgan fingerprint density at radius 1 is 1.38 bits per heavy atom. The molecule has 8 heteroatoms. The third-order valence-electron chi connectivity index (χ3n) is 4.16. The van der Waals surface area contributed by atoms with Crippen LogP contribution >= 0.6 is 0 Å². The summed E-state index contributed by atoms with van der Waals surface area (Å²) >= 11 is 0. The van der Waals surface area contributed by atoms with E-state index < -0.39 is 5.82 Å². The van der Waals surface area contributed by atoms with Gasteiger partial charge in [-0.2, -0.15) is 0 Å². The number of aryl methyl sites for hydroxylation is 1. The van der Waals surface area contributed by atoms with Crippen LogP contribution in [-0.4, -0.2) is 43.8 Å². The first-order chi connectivity index (χ1) is 11.7. The van der Waals surface area contributed by atoms with Crippen molar-refractivity contribution < 1.29 is 9.13 Å². The molecule has 3 aromatic heterocycles. The third-order valence-corrected chi connectivity index (χ3v) is 4.16. The van der Waals surface area contributed by atoms with E-state index in [0.29, 0.717) is 6.54 Å². The Morgan fingerprint density at radius 2 is 2.29 bits per heavy atom. The van der Waals surface area contributed by atoms with Crippen molar-refractivity contribution in [3.8, 4) is 5.88 Å². The zero-order valence-corrected chi connectivity index (χ0v) is 13.3. The summed E-state index contributed by atoms with van der Waals surface area (Å²) in [4.78, 5) is 10.7. The van der Waals surface area contributed by atoms with Crippen LogP contribution in [0.5, 0.6) is 5.88 Å². The summed E-state index contributed by atoms with van der Waals surface area (Å²) in [6.45, 7) is 3.43. The van der Waals surface area contributed by atoms with E-state index in [4.69, 9.17) is 4.74 Å². The van der Waals surface area contributed by atoms with Crippen molar-refractivity contribution in [3.05, 3.63) is 42.4 Å². The van der Waals surface area contributed by atoms with E-state index in [1.54, 1.807) is 12.4 Å². The van der Waals surface area contributed by atoms with Gasteiger partial charge in [-0.1, -0.05) is 0 Å². The molecule has 1 fully saturated rings. The van der Waals surface area contributed by atoms with Crippen LogP contribution in [0.15, 0.2) is 30.7 Å². The molecular weight excluding hydrogens is 311 g/mol. The quantitative estimate of drug-likeness (QED) is 0.733. The number of aromatic nitrogens is 5. The predicted molar refractivity (Wildman–Crippen MR) is 85.6 cm³/mol. The summed E-state index contributed by atoms with van der Waals surface area (Å²) in [5.41, 5.74) is 0.760. The number of piperidine rings is 1. The van der Waals surface area contributed by atoms with Gasteiger partial charge in [0.1, 0.15) is 24.1 Å². The molecule has 1 unspecified atom stereocenters. The molecule has 0 saturated carbocycles. The molecule has 0 aliphatic carbocycles. The van der Waals surface area contributed by atoms with Crippen LogP contribution in [0.3, 0.4) is 0 Å². The molecular formula is C16H17FN6O. The van der Waals surface area contributed by atoms with E-state index in [0.717, 1.165) is 36.7 Å². The number of rotatable bonds is 3. The molecule has 0 bridgehead atoms. The lowest BCUT2D eigenvalue weighted by Crippen LogP contribution is -2.42. The molecule has 3 aromatic rings. The molecule has 0 amide bonds. The number of hydrogen-bond acceptors (Lipinski definition) is 6. The van der Waals surface area contributed by atoms with Crippen LogP contribution < -0.4 is 9.64 Å². The highest BCUT2D eigenvalue weighted by Gasteiger charge is 2.24. The summed E-state index contributed by atoms with van der Waals surface area (Å²) in [7, 11) is 0. The van der Waals surface area contributed by atoms with Crippen LogP contribution in [0.1, 0.15) is 18.7 Å². The van der Waals surface area contributed by atoms with Gasteiger partial charge in [0.15, 0.2) is 11.5 Å². The summed E-state index contributed by atoms with van der Waals surface area (Å²) < 4.78 is 21.3. The Labute approximate surface area is 138 Å². The first-order valence-corrected chi connectivity index (χ1v) is 7.90. The van der Waals surface area contributed by atoms with Gasteiger partial charge in [-0.25, -0.2) is 14.4 Å². The maximum Gasteiger partial charge on any atom is 0.250 e. The summed E-state index contributed by atoms with van der Waals surface area (Å²) in [5.74, 6) is 1.28. The van der Waals surface area contributed by atoms with Crippen molar-refractivity contribution in [2.24, 2.45) is 0 Å². The van der Waals surface area contributed by atoms with Gasteiger partial charge < -0.3 is 9.64 Å². The van der Waals surface area contributed by atoms with E-state index in [1.165, 1.54) is 12.3 Å². The maximum atomic E-state index is 13.7. The Kier molecular flexibility index (Phi) is 3.72. The number of halogens is 1. The molecule has 4 heterocycles. The van der Waals surface area contributed by atoms with Gasteiger partial charge in [-0.15, -0.1) is 10.2 Å². The minimum absolute atomic E-state index is 0.0569. The lowest BCUT2D eigenvalue weighted by atomic mass is 10.1. The van der Waals surface area contributed by atoms with Gasteiger partial charge in [0.05, 0.1) is 6.54 Å². The fourth-order valence-electron chi connectivity index (χ4n) is 2.98. The molecule has 0 spiro atoms. The topological polar surface area (TPSA) is 68.4 Å². The van der Waals surface area contributed by atoms with Gasteiger partial charge in [-0.3, -0.25) is 4.40 Å². The average molecular weight is 328 g/mol. The average Bonchev–Trinajstić information content (AvgIpc) is 3.06. The zero-order valence-electron chi connectivity index (χ0n) is 13.3. The van der Waals surface area contributed by atoms with E-state index >= 15 is 0 Å². The van der Waals surface area contributed by atoms with Crippen LogP contribution in [0.2, 0.25) is 0 Å². The molecule has 1 aliphatic rings. The Morgan fingerprint density at radius 3 is 3.17 bits per heavy atom. The normalized spacial score (nSPS) is 18.1. The SMILES string of the molecule is Cc1nc(N2CCCC(Oc3ncccc3F)C2)cc2nncn12. The Bertz CT molecular complexity index is 867. The zero-order chi connectivity index (χ0) is 16.5. The van der Waals surface area contributed by atoms with Gasteiger partial charge in [0.2, 0.25) is 0 Å². The molecule has 4 rings (SSSR count). The second-order valence-corrected chi connectivity index (χ2v) is 5.84. The second kappa shape index (κ2) is 6.03. The standard InChI is InChI=1S/C16H17FN6O/c1-11-20-14(8-15-21-19-10-23(11)15)22-7-3-4-12(9-22)24-16-13(17)5-2-6-18-16/h2,5-6,8,10,12H,3-4,7,9H2,1H3. The summed E-state index contributed by atoms with van der Waals surface area (Å²) in [6, 6.07) is 4.81. The minimum atomic E-state index is -0.437. The summed E-state index contributed by atoms with van der Waals surface area (Å²) in [6.07, 6.45) is 4.85. The van der Waals surface area contributed by atoms with Gasteiger partial charge >= 0.3 is 0 Å². The Hall–Kier alpha value is -2.77. The van der Waals surface area contributed by atoms with Gasteiger partial charge in [0.25, 0.3) is 5.88 Å². The number of fused-ring (bicyclic) bond motifs is 1. The molecule has 0 N–H and O–H groups in total. The molecule has 1 saturated heterocycles. The van der Waals surface area contributed by atoms with Gasteiger partial charge in [0, 0.05) is 18.8 Å². The van der Waals surface area contributed by atoms with Crippen LogP contribution in [-0.2, 0) is 0 Å². The van der Waals surface area contributed by atoms with E-state index in [-0.39, 0.29) is 12.0 Å². The van der Waals surface area contributed by atoms with Gasteiger partial charge in [-0.05, 0) is 31.9 Å². The molecule has 0 radical (unpaired) electrons. The number of pyridine rings is 1. The van der Waals surface area contributed by atoms with Crippen molar-refractivity contribution in [3.63, 3.8) is 0 Å². The first-order valence-electron chi connectivity index (χ1n) is 7.90. The highest BCUT2D eigenvalue weighted by atomic mass is 19.1. The molecule has 24 heavy (non-hydrogen) atoms. The monoisotopic (exact) mass is 328 g/mol. The van der Waals surface area contributed by atoms with Crippen LogP contribution in [0, 0.1) is 12.7 Å². The van der Waals surface area contributed by atoms with Crippen LogP contribution in [0.25, 0.3) is 5.65 Å². The van der Waals surface area contributed by atoms with Crippen molar-refractivity contribution >= 4 is 11.5 Å². The van der Waals surface area contributed by atoms with E-state index in [2.05, 4.69) is 25.1 Å². The second-order valence-electron chi connectivity index (χ2n) is 5.84. The molecule has 0 aromatic carbocycles. The third kappa shape index (κ3) is 2.75. The smallest absolute Gasteiger partial charge is 0.250 e. The van der Waals surface area contributed by atoms with Crippen molar-refractivity contribution in [2.45, 2.75) is 25.9 Å². The number of ether oxygens (including phenoxy) is 1. The first kappa shape index (κ1) is 14.8. The van der Waals surface area contributed by atoms with E-state index in [9.17, 15) is 4.39 Å². The molecule has 1 aliphatic heterocycles. The lowest BCUT2D eigenvalue weighted by molar-refractivity contribution is 0.164. The van der Waals surface area contributed by atoms with Crippen LogP contribution in [0.4, 0.5) is 10.2 Å². The highest BCUT2D eigenvalue weighted by Crippen LogP contribution is 2.23. The highest BCUT2D eigenvalue weighted by molar-refractivity contribution is 5.51. The molecule has 7 nitrogen and oxygen atoms in total. The Balaban J connectivity index is 1.54.